The summed E-state index contributed by atoms with van der Waals surface area (Å²) < 4.78 is 0. The SMILES string of the molecule is CC(CN1CC(CO)CC1=O)c1nccs1. The highest BCUT2D eigenvalue weighted by atomic mass is 32.1. The van der Waals surface area contributed by atoms with Gasteiger partial charge in [0.1, 0.15) is 0 Å². The highest BCUT2D eigenvalue weighted by Gasteiger charge is 2.30. The van der Waals surface area contributed by atoms with Gasteiger partial charge >= 0.3 is 0 Å². The Hall–Kier alpha value is -0.940. The summed E-state index contributed by atoms with van der Waals surface area (Å²) in [5.41, 5.74) is 0. The maximum Gasteiger partial charge on any atom is 0.223 e. The van der Waals surface area contributed by atoms with Crippen molar-refractivity contribution in [1.29, 1.82) is 0 Å². The Balaban J connectivity index is 1.93. The summed E-state index contributed by atoms with van der Waals surface area (Å²) in [7, 11) is 0. The van der Waals surface area contributed by atoms with Crippen LogP contribution in [0.5, 0.6) is 0 Å². The first kappa shape index (κ1) is 11.5. The number of aromatic nitrogens is 1. The van der Waals surface area contributed by atoms with Gasteiger partial charge < -0.3 is 10.0 Å². The van der Waals surface area contributed by atoms with E-state index in [2.05, 4.69) is 11.9 Å². The number of aliphatic hydroxyl groups excluding tert-OH is 1. The molecule has 2 heterocycles. The second-order valence-electron chi connectivity index (χ2n) is 4.32. The third kappa shape index (κ3) is 2.41. The molecule has 1 fully saturated rings. The molecule has 0 bridgehead atoms. The monoisotopic (exact) mass is 240 g/mol. The van der Waals surface area contributed by atoms with Crippen LogP contribution in [0.15, 0.2) is 11.6 Å². The van der Waals surface area contributed by atoms with Gasteiger partial charge in [0, 0.05) is 49.5 Å². The Morgan fingerprint density at radius 1 is 1.75 bits per heavy atom. The summed E-state index contributed by atoms with van der Waals surface area (Å²) in [6.45, 7) is 3.58. The summed E-state index contributed by atoms with van der Waals surface area (Å²) >= 11 is 1.62. The molecular formula is C11H16N2O2S. The Morgan fingerprint density at radius 3 is 3.12 bits per heavy atom. The first-order chi connectivity index (χ1) is 7.70. The second kappa shape index (κ2) is 4.93. The predicted molar refractivity (Wildman–Crippen MR) is 62.3 cm³/mol. The first-order valence-electron chi connectivity index (χ1n) is 5.48. The fourth-order valence-corrected chi connectivity index (χ4v) is 2.73. The van der Waals surface area contributed by atoms with E-state index in [1.807, 2.05) is 10.3 Å². The standard InChI is InChI=1S/C11H16N2O2S/c1-8(11-12-2-3-16-11)5-13-6-9(7-14)4-10(13)15/h2-3,8-9,14H,4-7H2,1H3. The van der Waals surface area contributed by atoms with Gasteiger partial charge in [-0.25, -0.2) is 4.98 Å². The third-order valence-electron chi connectivity index (χ3n) is 2.92. The molecule has 2 atom stereocenters. The van der Waals surface area contributed by atoms with Crippen LogP contribution in [0.2, 0.25) is 0 Å². The Labute approximate surface area is 98.9 Å². The number of carbonyl (C=O) groups is 1. The molecule has 1 aliphatic heterocycles. The summed E-state index contributed by atoms with van der Waals surface area (Å²) in [4.78, 5) is 17.7. The summed E-state index contributed by atoms with van der Waals surface area (Å²) in [6, 6.07) is 0. The number of nitrogens with zero attached hydrogens (tertiary/aromatic N) is 2. The van der Waals surface area contributed by atoms with Crippen molar-refractivity contribution in [1.82, 2.24) is 9.88 Å². The quantitative estimate of drug-likeness (QED) is 0.857. The minimum Gasteiger partial charge on any atom is -0.396 e. The van der Waals surface area contributed by atoms with Crippen molar-refractivity contribution in [3.8, 4) is 0 Å². The van der Waals surface area contributed by atoms with Crippen molar-refractivity contribution in [3.63, 3.8) is 0 Å². The minimum absolute atomic E-state index is 0.105. The van der Waals surface area contributed by atoms with Crippen LogP contribution < -0.4 is 0 Å². The summed E-state index contributed by atoms with van der Waals surface area (Å²) in [6.07, 6.45) is 2.28. The highest BCUT2D eigenvalue weighted by Crippen LogP contribution is 2.23. The van der Waals surface area contributed by atoms with Crippen LogP contribution in [-0.4, -0.2) is 40.6 Å². The smallest absolute Gasteiger partial charge is 0.223 e. The number of thiazole rings is 1. The molecule has 4 nitrogen and oxygen atoms in total. The second-order valence-corrected chi connectivity index (χ2v) is 5.25. The molecular weight excluding hydrogens is 224 g/mol. The Bertz CT molecular complexity index is 353. The molecule has 88 valence electrons. The van der Waals surface area contributed by atoms with Gasteiger partial charge in [0.25, 0.3) is 0 Å². The highest BCUT2D eigenvalue weighted by molar-refractivity contribution is 7.09. The lowest BCUT2D eigenvalue weighted by Crippen LogP contribution is -2.29. The van der Waals surface area contributed by atoms with E-state index in [9.17, 15) is 4.79 Å². The van der Waals surface area contributed by atoms with Crippen LogP contribution in [0.4, 0.5) is 0 Å². The average molecular weight is 240 g/mol. The van der Waals surface area contributed by atoms with E-state index in [1.165, 1.54) is 0 Å². The van der Waals surface area contributed by atoms with Gasteiger partial charge in [-0.05, 0) is 0 Å². The normalized spacial score (nSPS) is 22.8. The lowest BCUT2D eigenvalue weighted by Gasteiger charge is -2.19. The van der Waals surface area contributed by atoms with Crippen LogP contribution in [-0.2, 0) is 4.79 Å². The van der Waals surface area contributed by atoms with Crippen LogP contribution >= 0.6 is 11.3 Å². The summed E-state index contributed by atoms with van der Waals surface area (Å²) in [5.74, 6) is 0.555. The molecule has 2 rings (SSSR count). The van der Waals surface area contributed by atoms with E-state index in [4.69, 9.17) is 5.11 Å². The van der Waals surface area contributed by atoms with E-state index in [0.717, 1.165) is 5.01 Å². The van der Waals surface area contributed by atoms with Crippen molar-refractivity contribution in [2.24, 2.45) is 5.92 Å². The molecule has 1 saturated heterocycles. The maximum atomic E-state index is 11.6. The van der Waals surface area contributed by atoms with Crippen molar-refractivity contribution in [2.45, 2.75) is 19.3 Å². The third-order valence-corrected chi connectivity index (χ3v) is 3.93. The zero-order chi connectivity index (χ0) is 11.5. The van der Waals surface area contributed by atoms with E-state index in [-0.39, 0.29) is 24.3 Å². The van der Waals surface area contributed by atoms with E-state index < -0.39 is 0 Å². The molecule has 16 heavy (non-hydrogen) atoms. The number of aliphatic hydroxyl groups is 1. The number of hydrogen-bond donors (Lipinski definition) is 1. The minimum atomic E-state index is 0.105. The van der Waals surface area contributed by atoms with Gasteiger partial charge in [-0.1, -0.05) is 6.92 Å². The van der Waals surface area contributed by atoms with Crippen LogP contribution in [0.25, 0.3) is 0 Å². The van der Waals surface area contributed by atoms with Crippen molar-refractivity contribution in [2.75, 3.05) is 19.7 Å². The largest absolute Gasteiger partial charge is 0.396 e. The molecule has 1 N–H and O–H groups in total. The topological polar surface area (TPSA) is 53.4 Å². The van der Waals surface area contributed by atoms with Gasteiger partial charge in [0.2, 0.25) is 5.91 Å². The average Bonchev–Trinajstić information content (AvgIpc) is 2.88. The van der Waals surface area contributed by atoms with E-state index in [0.29, 0.717) is 19.5 Å². The van der Waals surface area contributed by atoms with Gasteiger partial charge in [0.15, 0.2) is 0 Å². The fraction of sp³-hybridized carbons (Fsp3) is 0.636. The van der Waals surface area contributed by atoms with Crippen LogP contribution in [0.3, 0.4) is 0 Å². The molecule has 2 unspecified atom stereocenters. The Morgan fingerprint density at radius 2 is 2.56 bits per heavy atom. The lowest BCUT2D eigenvalue weighted by atomic mass is 10.1. The molecule has 0 spiro atoms. The van der Waals surface area contributed by atoms with Crippen LogP contribution in [0, 0.1) is 5.92 Å². The van der Waals surface area contributed by atoms with Crippen molar-refractivity contribution in [3.05, 3.63) is 16.6 Å². The predicted octanol–water partition coefficient (Wildman–Crippen LogP) is 1.09. The first-order valence-corrected chi connectivity index (χ1v) is 6.36. The molecule has 0 saturated carbocycles. The van der Waals surface area contributed by atoms with E-state index >= 15 is 0 Å². The molecule has 1 amide bonds. The van der Waals surface area contributed by atoms with Crippen molar-refractivity contribution < 1.29 is 9.90 Å². The van der Waals surface area contributed by atoms with Crippen LogP contribution in [0.1, 0.15) is 24.3 Å². The molecule has 0 radical (unpaired) electrons. The number of rotatable bonds is 4. The van der Waals surface area contributed by atoms with Crippen molar-refractivity contribution >= 4 is 17.2 Å². The molecule has 0 aliphatic carbocycles. The van der Waals surface area contributed by atoms with Gasteiger partial charge in [-0.3, -0.25) is 4.79 Å². The van der Waals surface area contributed by atoms with Gasteiger partial charge in [-0.2, -0.15) is 0 Å². The number of likely N-dealkylation sites (tertiary alicyclic amines) is 1. The number of hydrogen-bond acceptors (Lipinski definition) is 4. The number of carbonyl (C=O) groups excluding carboxylic acids is 1. The lowest BCUT2D eigenvalue weighted by molar-refractivity contribution is -0.127. The zero-order valence-electron chi connectivity index (χ0n) is 9.30. The van der Waals surface area contributed by atoms with Gasteiger partial charge in [-0.15, -0.1) is 11.3 Å². The molecule has 1 aromatic heterocycles. The molecule has 0 aromatic carbocycles. The fourth-order valence-electron chi connectivity index (χ4n) is 2.04. The molecule has 1 aromatic rings. The molecule has 5 heteroatoms. The Kier molecular flexibility index (Phi) is 3.56. The van der Waals surface area contributed by atoms with Gasteiger partial charge in [0.05, 0.1) is 5.01 Å². The summed E-state index contributed by atoms with van der Waals surface area (Å²) in [5, 5.41) is 12.1. The maximum absolute atomic E-state index is 11.6. The zero-order valence-corrected chi connectivity index (χ0v) is 10.1. The van der Waals surface area contributed by atoms with E-state index in [1.54, 1.807) is 17.5 Å². The molecule has 1 aliphatic rings. The number of amides is 1.